The van der Waals surface area contributed by atoms with Crippen molar-refractivity contribution in [2.45, 2.75) is 6.92 Å². The van der Waals surface area contributed by atoms with Gasteiger partial charge in [0.2, 0.25) is 0 Å². The van der Waals surface area contributed by atoms with Crippen LogP contribution in [-0.2, 0) is 7.05 Å². The number of rotatable bonds is 1. The van der Waals surface area contributed by atoms with Gasteiger partial charge in [-0.05, 0) is 30.0 Å². The van der Waals surface area contributed by atoms with Gasteiger partial charge < -0.3 is 4.57 Å². The maximum Gasteiger partial charge on any atom is 0.0565 e. The molecular weight excluding hydrogens is 198 g/mol. The minimum absolute atomic E-state index is 1.13. The van der Waals surface area contributed by atoms with Crippen LogP contribution in [0, 0.1) is 6.92 Å². The van der Waals surface area contributed by atoms with Crippen LogP contribution in [-0.4, -0.2) is 14.8 Å². The van der Waals surface area contributed by atoms with E-state index in [1.165, 1.54) is 22.2 Å². The van der Waals surface area contributed by atoms with Crippen molar-refractivity contribution < 1.29 is 0 Å². The van der Waals surface area contributed by atoms with Gasteiger partial charge in [-0.25, -0.2) is 0 Å². The molecule has 0 fully saturated rings. The monoisotopic (exact) mass is 211 g/mol. The van der Waals surface area contributed by atoms with E-state index in [0.29, 0.717) is 0 Å². The molecule has 0 aliphatic heterocycles. The Morgan fingerprint density at radius 1 is 1.19 bits per heavy atom. The number of benzene rings is 1. The van der Waals surface area contributed by atoms with Crippen molar-refractivity contribution in [2.75, 3.05) is 0 Å². The molecule has 0 radical (unpaired) electrons. The number of aromatic amines is 1. The highest BCUT2D eigenvalue weighted by Gasteiger charge is 2.04. The number of fused-ring (bicyclic) bond motifs is 1. The number of H-pyrrole nitrogens is 1. The van der Waals surface area contributed by atoms with E-state index < -0.39 is 0 Å². The number of aromatic nitrogens is 3. The van der Waals surface area contributed by atoms with Crippen molar-refractivity contribution in [1.29, 1.82) is 0 Å². The first-order chi connectivity index (χ1) is 7.75. The second-order valence-corrected chi connectivity index (χ2v) is 4.11. The van der Waals surface area contributed by atoms with Crippen LogP contribution in [0.2, 0.25) is 0 Å². The van der Waals surface area contributed by atoms with E-state index >= 15 is 0 Å². The molecule has 0 aliphatic rings. The van der Waals surface area contributed by atoms with E-state index in [4.69, 9.17) is 0 Å². The molecule has 0 aliphatic carbocycles. The Morgan fingerprint density at radius 2 is 2.06 bits per heavy atom. The zero-order chi connectivity index (χ0) is 11.1. The summed E-state index contributed by atoms with van der Waals surface area (Å²) in [5, 5.41) is 8.10. The van der Waals surface area contributed by atoms with Crippen molar-refractivity contribution >= 4 is 10.9 Å². The van der Waals surface area contributed by atoms with Crippen LogP contribution in [0.3, 0.4) is 0 Å². The molecule has 0 spiro atoms. The largest absolute Gasteiger partial charge is 0.348 e. The summed E-state index contributed by atoms with van der Waals surface area (Å²) in [5.41, 5.74) is 4.86. The summed E-state index contributed by atoms with van der Waals surface area (Å²) >= 11 is 0. The van der Waals surface area contributed by atoms with E-state index in [0.717, 1.165) is 5.56 Å². The van der Waals surface area contributed by atoms with Crippen molar-refractivity contribution in [2.24, 2.45) is 7.05 Å². The van der Waals surface area contributed by atoms with Crippen LogP contribution in [0.25, 0.3) is 22.0 Å². The summed E-state index contributed by atoms with van der Waals surface area (Å²) < 4.78 is 2.21. The third-order valence-corrected chi connectivity index (χ3v) is 3.12. The summed E-state index contributed by atoms with van der Waals surface area (Å²) in [5.74, 6) is 0. The molecule has 2 heterocycles. The van der Waals surface area contributed by atoms with Gasteiger partial charge >= 0.3 is 0 Å². The zero-order valence-electron chi connectivity index (χ0n) is 9.36. The summed E-state index contributed by atoms with van der Waals surface area (Å²) in [6.07, 6.45) is 3.76. The van der Waals surface area contributed by atoms with E-state index in [1.54, 1.807) is 0 Å². The number of nitrogens with one attached hydrogen (secondary N) is 1. The average molecular weight is 211 g/mol. The summed E-state index contributed by atoms with van der Waals surface area (Å²) in [6, 6.07) is 8.69. The molecule has 2 aromatic heterocycles. The molecule has 0 bridgehead atoms. The fourth-order valence-electron chi connectivity index (χ4n) is 2.06. The molecule has 0 saturated heterocycles. The van der Waals surface area contributed by atoms with Crippen LogP contribution in [0.5, 0.6) is 0 Å². The molecular formula is C13H13N3. The van der Waals surface area contributed by atoms with Crippen molar-refractivity contribution in [3.63, 3.8) is 0 Å². The third kappa shape index (κ3) is 1.25. The summed E-state index contributed by atoms with van der Waals surface area (Å²) in [6.45, 7) is 2.12. The van der Waals surface area contributed by atoms with E-state index in [1.807, 2.05) is 12.4 Å². The first-order valence-electron chi connectivity index (χ1n) is 5.31. The Kier molecular flexibility index (Phi) is 1.86. The lowest BCUT2D eigenvalue weighted by molar-refractivity contribution is 0.918. The number of aryl methyl sites for hydroxylation is 2. The average Bonchev–Trinajstić information content (AvgIpc) is 2.89. The van der Waals surface area contributed by atoms with Crippen LogP contribution >= 0.6 is 0 Å². The smallest absolute Gasteiger partial charge is 0.0565 e. The van der Waals surface area contributed by atoms with E-state index in [-0.39, 0.29) is 0 Å². The van der Waals surface area contributed by atoms with E-state index in [9.17, 15) is 0 Å². The molecule has 1 aromatic carbocycles. The lowest BCUT2D eigenvalue weighted by Gasteiger charge is -2.01. The molecule has 3 nitrogen and oxygen atoms in total. The predicted molar refractivity (Wildman–Crippen MR) is 65.2 cm³/mol. The summed E-state index contributed by atoms with van der Waals surface area (Å²) in [7, 11) is 2.09. The molecule has 0 saturated carbocycles. The molecule has 0 atom stereocenters. The number of hydrogen-bond acceptors (Lipinski definition) is 1. The van der Waals surface area contributed by atoms with Gasteiger partial charge in [0.1, 0.15) is 0 Å². The number of hydrogen-bond donors (Lipinski definition) is 1. The summed E-state index contributed by atoms with van der Waals surface area (Å²) in [4.78, 5) is 0. The molecule has 0 unspecified atom stereocenters. The maximum atomic E-state index is 3.97. The molecule has 16 heavy (non-hydrogen) atoms. The SMILES string of the molecule is Cc1cc2ccc(-c3cn[nH]c3)cc2n1C. The van der Waals surface area contributed by atoms with Gasteiger partial charge in [-0.3, -0.25) is 5.10 Å². The molecule has 80 valence electrons. The standard InChI is InChI=1S/C13H13N3/c1-9-5-11-4-3-10(6-13(11)16(9)2)12-7-14-15-8-12/h3-8H,1-2H3,(H,14,15). The zero-order valence-corrected chi connectivity index (χ0v) is 9.36. The maximum absolute atomic E-state index is 3.97. The highest BCUT2D eigenvalue weighted by Crippen LogP contribution is 2.25. The Balaban J connectivity index is 2.26. The Hall–Kier alpha value is -2.03. The lowest BCUT2D eigenvalue weighted by atomic mass is 10.1. The second kappa shape index (κ2) is 3.23. The lowest BCUT2D eigenvalue weighted by Crippen LogP contribution is -1.89. The van der Waals surface area contributed by atoms with Gasteiger partial charge in [0.15, 0.2) is 0 Å². The quantitative estimate of drug-likeness (QED) is 0.659. The highest BCUT2D eigenvalue weighted by molar-refractivity contribution is 5.86. The minimum atomic E-state index is 1.13. The predicted octanol–water partition coefficient (Wildman–Crippen LogP) is 2.88. The van der Waals surface area contributed by atoms with Crippen molar-refractivity contribution in [1.82, 2.24) is 14.8 Å². The minimum Gasteiger partial charge on any atom is -0.348 e. The van der Waals surface area contributed by atoms with Gasteiger partial charge in [-0.2, -0.15) is 5.10 Å². The first-order valence-corrected chi connectivity index (χ1v) is 5.31. The van der Waals surface area contributed by atoms with Gasteiger partial charge in [0.25, 0.3) is 0 Å². The Labute approximate surface area is 93.7 Å². The van der Waals surface area contributed by atoms with Gasteiger partial charge in [-0.15, -0.1) is 0 Å². The van der Waals surface area contributed by atoms with Gasteiger partial charge in [0, 0.05) is 30.0 Å². The van der Waals surface area contributed by atoms with Crippen molar-refractivity contribution in [3.8, 4) is 11.1 Å². The van der Waals surface area contributed by atoms with Crippen LogP contribution in [0.15, 0.2) is 36.7 Å². The Bertz CT molecular complexity index is 633. The fourth-order valence-corrected chi connectivity index (χ4v) is 2.06. The normalized spacial score (nSPS) is 11.1. The van der Waals surface area contributed by atoms with E-state index in [2.05, 4.69) is 53.0 Å². The van der Waals surface area contributed by atoms with Gasteiger partial charge in [-0.1, -0.05) is 12.1 Å². The van der Waals surface area contributed by atoms with Crippen LogP contribution in [0.1, 0.15) is 5.69 Å². The Morgan fingerprint density at radius 3 is 2.81 bits per heavy atom. The molecule has 3 heteroatoms. The van der Waals surface area contributed by atoms with Crippen LogP contribution < -0.4 is 0 Å². The second-order valence-electron chi connectivity index (χ2n) is 4.11. The molecule has 1 N–H and O–H groups in total. The highest BCUT2D eigenvalue weighted by atomic mass is 15.1. The molecule has 0 amide bonds. The van der Waals surface area contributed by atoms with Crippen molar-refractivity contribution in [3.05, 3.63) is 42.4 Å². The molecule has 3 aromatic rings. The topological polar surface area (TPSA) is 33.6 Å². The first kappa shape index (κ1) is 9.21. The fraction of sp³-hybridized carbons (Fsp3) is 0.154. The number of nitrogens with zero attached hydrogens (tertiary/aromatic N) is 2. The molecule has 3 rings (SSSR count). The van der Waals surface area contributed by atoms with Crippen LogP contribution in [0.4, 0.5) is 0 Å². The van der Waals surface area contributed by atoms with Gasteiger partial charge in [0.05, 0.1) is 6.20 Å². The third-order valence-electron chi connectivity index (χ3n) is 3.12.